The summed E-state index contributed by atoms with van der Waals surface area (Å²) in [7, 11) is 0. The number of hydrogen-bond acceptors (Lipinski definition) is 3. The fourth-order valence-electron chi connectivity index (χ4n) is 3.72. The maximum absolute atomic E-state index is 11.9. The molecule has 0 radical (unpaired) electrons. The summed E-state index contributed by atoms with van der Waals surface area (Å²) in [4.78, 5) is 18.7. The van der Waals surface area contributed by atoms with E-state index in [1.165, 1.54) is 19.3 Å². The zero-order chi connectivity index (χ0) is 13.1. The van der Waals surface area contributed by atoms with E-state index in [-0.39, 0.29) is 11.2 Å². The van der Waals surface area contributed by atoms with Crippen LogP contribution in [0.2, 0.25) is 0 Å². The normalized spacial score (nSPS) is 43.2. The van der Waals surface area contributed by atoms with Crippen molar-refractivity contribution in [2.45, 2.75) is 64.3 Å². The number of aliphatic imine (C=N–C) groups is 1. The molecule has 0 aromatic heterocycles. The number of likely N-dealkylation sites (tertiary alicyclic amines) is 1. The van der Waals surface area contributed by atoms with Crippen LogP contribution in [0.3, 0.4) is 0 Å². The van der Waals surface area contributed by atoms with Gasteiger partial charge in [-0.1, -0.05) is 32.5 Å². The lowest BCUT2D eigenvalue weighted by Gasteiger charge is -2.38. The van der Waals surface area contributed by atoms with Crippen LogP contribution in [0.1, 0.15) is 47.0 Å². The van der Waals surface area contributed by atoms with Gasteiger partial charge < -0.3 is 4.90 Å². The number of nitrogens with zero attached hydrogens (tertiary/aromatic N) is 2. The lowest BCUT2D eigenvalue weighted by molar-refractivity contribution is -0.117. The molecule has 0 spiro atoms. The third-order valence-electron chi connectivity index (χ3n) is 5.08. The van der Waals surface area contributed by atoms with Crippen molar-refractivity contribution in [3.05, 3.63) is 0 Å². The average Bonchev–Trinajstić information content (AvgIpc) is 2.90. The van der Waals surface area contributed by atoms with Crippen molar-refractivity contribution < 1.29 is 4.79 Å². The van der Waals surface area contributed by atoms with Gasteiger partial charge in [0.05, 0.1) is 5.25 Å². The van der Waals surface area contributed by atoms with Crippen LogP contribution in [0.15, 0.2) is 4.99 Å². The highest BCUT2D eigenvalue weighted by Crippen LogP contribution is 2.53. The van der Waals surface area contributed by atoms with E-state index in [9.17, 15) is 4.79 Å². The molecule has 18 heavy (non-hydrogen) atoms. The molecule has 1 saturated carbocycles. The van der Waals surface area contributed by atoms with Crippen molar-refractivity contribution in [1.82, 2.24) is 4.90 Å². The lowest BCUT2D eigenvalue weighted by Crippen LogP contribution is -2.44. The Bertz CT molecular complexity index is 420. The van der Waals surface area contributed by atoms with E-state index in [1.807, 2.05) is 0 Å². The molecule has 0 N–H and O–H groups in total. The van der Waals surface area contributed by atoms with Crippen LogP contribution in [0.25, 0.3) is 0 Å². The monoisotopic (exact) mass is 266 g/mol. The third-order valence-corrected chi connectivity index (χ3v) is 6.59. The standard InChI is InChI=1S/C14H22N2OS/c1-8(2)11-12(17)15-13(18-11)16-9(3)14(4)6-5-10(16)7-14/h8-11H,5-7H2,1-4H3/t9-,10+,11?,14-/m1/s1. The summed E-state index contributed by atoms with van der Waals surface area (Å²) in [5.74, 6) is 0.444. The molecular weight excluding hydrogens is 244 g/mol. The molecule has 1 amide bonds. The summed E-state index contributed by atoms with van der Waals surface area (Å²) in [5, 5.41) is 1.04. The van der Waals surface area contributed by atoms with Gasteiger partial charge in [0.15, 0.2) is 5.17 Å². The number of rotatable bonds is 1. The second kappa shape index (κ2) is 3.99. The first-order valence-corrected chi connectivity index (χ1v) is 7.88. The van der Waals surface area contributed by atoms with Crippen LogP contribution in [0, 0.1) is 11.3 Å². The molecule has 1 aliphatic carbocycles. The van der Waals surface area contributed by atoms with Gasteiger partial charge in [0.25, 0.3) is 5.91 Å². The molecular formula is C14H22N2OS. The zero-order valence-corrected chi connectivity index (χ0v) is 12.5. The van der Waals surface area contributed by atoms with E-state index in [1.54, 1.807) is 11.8 Å². The van der Waals surface area contributed by atoms with Crippen LogP contribution in [0.5, 0.6) is 0 Å². The zero-order valence-electron chi connectivity index (χ0n) is 11.6. The smallest absolute Gasteiger partial charge is 0.261 e. The quantitative estimate of drug-likeness (QED) is 0.731. The summed E-state index contributed by atoms with van der Waals surface area (Å²) in [5.41, 5.74) is 0.437. The van der Waals surface area contributed by atoms with Gasteiger partial charge in [0.2, 0.25) is 0 Å². The lowest BCUT2D eigenvalue weighted by atomic mass is 9.83. The van der Waals surface area contributed by atoms with Crippen molar-refractivity contribution in [2.75, 3.05) is 0 Å². The number of piperidine rings is 1. The molecule has 0 aromatic carbocycles. The van der Waals surface area contributed by atoms with Gasteiger partial charge in [-0.05, 0) is 37.5 Å². The van der Waals surface area contributed by atoms with Gasteiger partial charge in [-0.25, -0.2) is 0 Å². The average molecular weight is 266 g/mol. The minimum Gasteiger partial charge on any atom is -0.345 e. The van der Waals surface area contributed by atoms with Gasteiger partial charge in [-0.3, -0.25) is 4.79 Å². The van der Waals surface area contributed by atoms with Gasteiger partial charge in [0, 0.05) is 12.1 Å². The summed E-state index contributed by atoms with van der Waals surface area (Å²) in [6.45, 7) is 8.90. The number of fused-ring (bicyclic) bond motifs is 2. The van der Waals surface area contributed by atoms with Crippen molar-refractivity contribution in [3.63, 3.8) is 0 Å². The molecule has 2 fully saturated rings. The Morgan fingerprint density at radius 2 is 2.22 bits per heavy atom. The molecule has 2 bridgehead atoms. The summed E-state index contributed by atoms with van der Waals surface area (Å²) in [6, 6.07) is 1.15. The first kappa shape index (κ1) is 12.5. The third kappa shape index (κ3) is 1.64. The van der Waals surface area contributed by atoms with Crippen LogP contribution >= 0.6 is 11.8 Å². The van der Waals surface area contributed by atoms with Crippen LogP contribution < -0.4 is 0 Å². The van der Waals surface area contributed by atoms with E-state index < -0.39 is 0 Å². The van der Waals surface area contributed by atoms with E-state index in [4.69, 9.17) is 0 Å². The number of hydrogen-bond donors (Lipinski definition) is 0. The fraction of sp³-hybridized carbons (Fsp3) is 0.857. The Labute approximate surface area is 113 Å². The molecule has 3 aliphatic rings. The number of amidine groups is 1. The SMILES string of the molecule is CC(C)C1SC(N2[C@H]3CC[C@](C)(C3)[C@H]2C)=NC1=O. The van der Waals surface area contributed by atoms with Gasteiger partial charge in [-0.2, -0.15) is 4.99 Å². The van der Waals surface area contributed by atoms with Crippen LogP contribution in [0.4, 0.5) is 0 Å². The van der Waals surface area contributed by atoms with Gasteiger partial charge in [0.1, 0.15) is 0 Å². The minimum atomic E-state index is 0.0409. The summed E-state index contributed by atoms with van der Waals surface area (Å²) >= 11 is 1.69. The molecule has 0 aromatic rings. The largest absolute Gasteiger partial charge is 0.345 e. The second-order valence-electron chi connectivity index (χ2n) is 6.65. The molecule has 3 rings (SSSR count). The molecule has 3 nitrogen and oxygen atoms in total. The number of carbonyl (C=O) groups is 1. The van der Waals surface area contributed by atoms with Crippen molar-refractivity contribution in [2.24, 2.45) is 16.3 Å². The first-order chi connectivity index (χ1) is 8.42. The topological polar surface area (TPSA) is 32.7 Å². The Hall–Kier alpha value is -0.510. The second-order valence-corrected chi connectivity index (χ2v) is 7.76. The molecule has 4 heteroatoms. The number of carbonyl (C=O) groups excluding carboxylic acids is 1. The molecule has 1 saturated heterocycles. The molecule has 100 valence electrons. The van der Waals surface area contributed by atoms with E-state index >= 15 is 0 Å². The van der Waals surface area contributed by atoms with Crippen molar-refractivity contribution in [3.8, 4) is 0 Å². The van der Waals surface area contributed by atoms with Crippen LogP contribution in [-0.2, 0) is 4.79 Å². The maximum Gasteiger partial charge on any atom is 0.261 e. The highest BCUT2D eigenvalue weighted by Gasteiger charge is 2.54. The Kier molecular flexibility index (Phi) is 2.78. The van der Waals surface area contributed by atoms with Gasteiger partial charge >= 0.3 is 0 Å². The van der Waals surface area contributed by atoms with Crippen LogP contribution in [-0.4, -0.2) is 33.3 Å². The highest BCUT2D eigenvalue weighted by molar-refractivity contribution is 8.15. The van der Waals surface area contributed by atoms with Crippen molar-refractivity contribution in [1.29, 1.82) is 0 Å². The Balaban J connectivity index is 1.82. The molecule has 4 atom stereocenters. The van der Waals surface area contributed by atoms with Gasteiger partial charge in [-0.15, -0.1) is 0 Å². The van der Waals surface area contributed by atoms with Crippen molar-refractivity contribution >= 4 is 22.8 Å². The first-order valence-electron chi connectivity index (χ1n) is 7.00. The Morgan fingerprint density at radius 1 is 1.50 bits per heavy atom. The molecule has 2 aliphatic heterocycles. The summed E-state index contributed by atoms with van der Waals surface area (Å²) in [6.07, 6.45) is 3.87. The predicted molar refractivity (Wildman–Crippen MR) is 75.7 cm³/mol. The van der Waals surface area contributed by atoms with E-state index in [0.29, 0.717) is 23.4 Å². The number of thioether (sulfide) groups is 1. The highest BCUT2D eigenvalue weighted by atomic mass is 32.2. The Morgan fingerprint density at radius 3 is 2.72 bits per heavy atom. The molecule has 2 heterocycles. The fourth-order valence-corrected chi connectivity index (χ4v) is 4.94. The predicted octanol–water partition coefficient (Wildman–Crippen LogP) is 2.90. The minimum absolute atomic E-state index is 0.0409. The number of amides is 1. The summed E-state index contributed by atoms with van der Waals surface area (Å²) < 4.78 is 0. The maximum atomic E-state index is 11.9. The van der Waals surface area contributed by atoms with E-state index in [0.717, 1.165) is 5.17 Å². The van der Waals surface area contributed by atoms with E-state index in [2.05, 4.69) is 37.6 Å². The molecule has 1 unspecified atom stereocenters.